The number of aliphatic imine (C=N–C) groups is 1. The monoisotopic (exact) mass is 1220 g/mol. The van der Waals surface area contributed by atoms with Crippen molar-refractivity contribution in [1.82, 2.24) is 15.3 Å². The molecule has 5 aromatic rings. The number of aromatic hydroxyl groups is 4. The molecule has 24 nitrogen and oxygen atoms in total. The van der Waals surface area contributed by atoms with Crippen molar-refractivity contribution in [1.29, 1.82) is 0 Å². The third kappa shape index (κ3) is 11.5. The van der Waals surface area contributed by atoms with Gasteiger partial charge >= 0.3 is 11.9 Å². The number of nitrogens with one attached hydrogen (secondary N) is 2. The summed E-state index contributed by atoms with van der Waals surface area (Å²) in [6.07, 6.45) is -0.0800. The molecule has 1 saturated carbocycles. The van der Waals surface area contributed by atoms with Crippen LogP contribution in [0.15, 0.2) is 102 Å². The lowest BCUT2D eigenvalue weighted by molar-refractivity contribution is -0.422. The zero-order valence-corrected chi connectivity index (χ0v) is 48.2. The number of carbonyl (C=O) groups excluding carboxylic acids is 2. The molecule has 470 valence electrons. The van der Waals surface area contributed by atoms with Gasteiger partial charge in [0.05, 0.1) is 43.6 Å². The van der Waals surface area contributed by atoms with E-state index in [4.69, 9.17) is 15.2 Å². The first-order valence-corrected chi connectivity index (χ1v) is 29.6. The van der Waals surface area contributed by atoms with E-state index >= 15 is 9.59 Å². The normalized spacial score (nSPS) is 28.1. The molecular formula is C64H76N6O18. The van der Waals surface area contributed by atoms with Gasteiger partial charge in [0, 0.05) is 83.7 Å². The molecule has 13 unspecified atom stereocenters. The number of ether oxygens (including phenoxy) is 2. The Bertz CT molecular complexity index is 3470. The number of imidazole rings is 1. The van der Waals surface area contributed by atoms with Crippen LogP contribution in [-0.4, -0.2) is 169 Å². The number of aryl methyl sites for hydroxylation is 1. The van der Waals surface area contributed by atoms with E-state index in [2.05, 4.69) is 20.3 Å². The highest BCUT2D eigenvalue weighted by Crippen LogP contribution is 2.72. The van der Waals surface area contributed by atoms with E-state index in [1.54, 1.807) is 12.1 Å². The van der Waals surface area contributed by atoms with Crippen LogP contribution in [0.5, 0.6) is 28.7 Å². The van der Waals surface area contributed by atoms with E-state index in [1.165, 1.54) is 36.7 Å². The topological polar surface area (TPSA) is 415 Å². The number of allylic oxidation sites excluding steroid dienone is 1. The molecule has 2 aliphatic heterocycles. The summed E-state index contributed by atoms with van der Waals surface area (Å²) >= 11 is 0. The number of anilines is 1. The van der Waals surface area contributed by atoms with Crippen LogP contribution in [0.3, 0.4) is 0 Å². The van der Waals surface area contributed by atoms with Crippen molar-refractivity contribution in [2.75, 3.05) is 31.3 Å². The number of carboxylic acid groups (broad SMARTS) is 1. The van der Waals surface area contributed by atoms with Gasteiger partial charge in [0.2, 0.25) is 5.75 Å². The van der Waals surface area contributed by atoms with E-state index < -0.39 is 126 Å². The molecule has 0 radical (unpaired) electrons. The average Bonchev–Trinajstić information content (AvgIpc) is 1.46. The van der Waals surface area contributed by atoms with Crippen molar-refractivity contribution in [2.24, 2.45) is 34.4 Å². The van der Waals surface area contributed by atoms with Crippen molar-refractivity contribution >= 4 is 35.9 Å². The van der Waals surface area contributed by atoms with Crippen LogP contribution in [0.1, 0.15) is 102 Å². The van der Waals surface area contributed by atoms with Crippen LogP contribution in [-0.2, 0) is 50.3 Å². The molecule has 1 saturated heterocycles. The van der Waals surface area contributed by atoms with Crippen molar-refractivity contribution in [3.63, 3.8) is 0 Å². The van der Waals surface area contributed by atoms with Crippen molar-refractivity contribution in [2.45, 2.75) is 131 Å². The largest absolute Gasteiger partial charge is 0.508 e. The number of carboxylic acids is 1. The van der Waals surface area contributed by atoms with E-state index in [1.807, 2.05) is 36.4 Å². The Hall–Kier alpha value is -7.91. The molecule has 5 aliphatic rings. The maximum atomic E-state index is 15.7. The second-order valence-corrected chi connectivity index (χ2v) is 23.7. The number of aromatic amines is 1. The van der Waals surface area contributed by atoms with Crippen LogP contribution in [0.2, 0.25) is 0 Å². The summed E-state index contributed by atoms with van der Waals surface area (Å²) in [5.41, 5.74) is 5.76. The molecule has 3 aliphatic carbocycles. The van der Waals surface area contributed by atoms with Gasteiger partial charge < -0.3 is 96.7 Å². The first-order chi connectivity index (χ1) is 42.2. The summed E-state index contributed by atoms with van der Waals surface area (Å²) in [5.74, 6) is -13.8. The number of fused-ring (bicyclic) bond motifs is 6. The summed E-state index contributed by atoms with van der Waals surface area (Å²) in [6.45, 7) is -1.17. The fourth-order valence-electron chi connectivity index (χ4n) is 14.6. The van der Waals surface area contributed by atoms with Gasteiger partial charge in [0.15, 0.2) is 29.1 Å². The number of aliphatic carboxylic acids is 1. The number of rotatable bonds is 23. The maximum Gasteiger partial charge on any atom is 0.355 e. The molecule has 13 atom stereocenters. The number of benzene rings is 4. The highest BCUT2D eigenvalue weighted by molar-refractivity contribution is 6.14. The summed E-state index contributed by atoms with van der Waals surface area (Å²) in [4.78, 5) is 55.0. The molecule has 3 heterocycles. The zero-order valence-electron chi connectivity index (χ0n) is 48.2. The van der Waals surface area contributed by atoms with Crippen molar-refractivity contribution in [3.05, 3.63) is 142 Å². The molecule has 88 heavy (non-hydrogen) atoms. The number of nitrogens with two attached hydrogens (primary N) is 1. The Morgan fingerprint density at radius 3 is 2.44 bits per heavy atom. The summed E-state index contributed by atoms with van der Waals surface area (Å²) < 4.78 is 11.1. The van der Waals surface area contributed by atoms with E-state index in [0.29, 0.717) is 91.6 Å². The summed E-state index contributed by atoms with van der Waals surface area (Å²) in [6, 6.07) is 20.0. The highest BCUT2D eigenvalue weighted by Gasteiger charge is 2.72. The Morgan fingerprint density at radius 1 is 0.932 bits per heavy atom. The van der Waals surface area contributed by atoms with Crippen LogP contribution in [0.4, 0.5) is 5.69 Å². The first-order valence-electron chi connectivity index (χ1n) is 29.6. The Kier molecular flexibility index (Phi) is 18.7. The van der Waals surface area contributed by atoms with Gasteiger partial charge in [-0.2, -0.15) is 0 Å². The third-order valence-corrected chi connectivity index (χ3v) is 18.7. The van der Waals surface area contributed by atoms with Gasteiger partial charge in [0.25, 0.3) is 5.91 Å². The van der Waals surface area contributed by atoms with Gasteiger partial charge in [-0.15, -0.1) is 0 Å². The number of aromatic nitrogens is 2. The maximum absolute atomic E-state index is 15.7. The number of guanidine groups is 1. The number of amides is 1. The highest BCUT2D eigenvalue weighted by atomic mass is 16.8. The minimum Gasteiger partial charge on any atom is -0.508 e. The number of hydrogen-bond donors (Lipinski definition) is 16. The number of H-pyrrole nitrogens is 1. The van der Waals surface area contributed by atoms with Gasteiger partial charge in [0.1, 0.15) is 36.1 Å². The molecule has 10 rings (SSSR count). The lowest BCUT2D eigenvalue weighted by atomic mass is 9.45. The summed E-state index contributed by atoms with van der Waals surface area (Å²) in [7, 11) is 0. The third-order valence-electron chi connectivity index (χ3n) is 18.7. The van der Waals surface area contributed by atoms with Crippen molar-refractivity contribution in [3.8, 4) is 28.7 Å². The van der Waals surface area contributed by atoms with Crippen molar-refractivity contribution < 1.29 is 90.2 Å². The lowest BCUT2D eigenvalue weighted by Gasteiger charge is -2.58. The second kappa shape index (κ2) is 26.0. The summed E-state index contributed by atoms with van der Waals surface area (Å²) in [5, 5.41) is 151. The lowest BCUT2D eigenvalue weighted by Crippen LogP contribution is -2.67. The quantitative estimate of drug-likeness (QED) is 0.00653. The smallest absolute Gasteiger partial charge is 0.355 e. The van der Waals surface area contributed by atoms with Crippen LogP contribution in [0, 0.1) is 23.7 Å². The van der Waals surface area contributed by atoms with Gasteiger partial charge in [-0.25, -0.2) is 14.8 Å². The molecule has 1 amide bonds. The number of phenols is 4. The minimum atomic E-state index is -3.39. The van der Waals surface area contributed by atoms with Crippen LogP contribution >= 0.6 is 0 Å². The number of carbonyl (C=O) groups is 3. The molecular weight excluding hydrogens is 1140 g/mol. The Morgan fingerprint density at radius 2 is 1.72 bits per heavy atom. The Balaban J connectivity index is 1.10. The minimum absolute atomic E-state index is 0.00521. The van der Waals surface area contributed by atoms with Gasteiger partial charge in [-0.05, 0) is 110 Å². The van der Waals surface area contributed by atoms with Crippen LogP contribution in [0.25, 0.3) is 6.08 Å². The number of aldehydes is 1. The number of phenolic OH excluding ortho intramolecular Hbond substituents is 4. The molecule has 17 N–H and O–H groups in total. The average molecular weight is 1220 g/mol. The number of hydrogen-bond acceptors (Lipinski definition) is 19. The first kappa shape index (κ1) is 63.1. The molecule has 0 bridgehead atoms. The fourth-order valence-corrected chi connectivity index (χ4v) is 14.6. The predicted molar refractivity (Wildman–Crippen MR) is 317 cm³/mol. The Labute approximate surface area is 506 Å². The number of aliphatic hydroxyl groups excluding tert-OH is 7. The van der Waals surface area contributed by atoms with E-state index in [0.717, 1.165) is 28.2 Å². The molecule has 0 spiro atoms. The standard InChI is InChI=1S/C64H76N6O18/c65-61(67-28-35-7-2-1-3-8-35)66-22-6-12-42(75)19-17-38-27-62(60(84)85)54(53(38)63-40(10-5-11-41(63)31-73)18-16-37-9-4-13-47(77)52(37)63)51-45(26-48(55(79)57(51)81)87-64(86)59(83)58(82)56(80)49(32-74)88-64)70(62)50(78)21-15-34-14-20-46(76)39(23-34)25-44-43(68-33-69-44)24-36(29-71)30-72/h1-4,7-9,13-15,20-21,23,26-27,29,33,36,40-42,49,53-54,56,58-59,72-77,79-83,86H,5-6,10-12,16-19,22,24-25,28,30-32H2,(H,68,69)(H,84,85)(H3,65,66,67). The molecule has 1 aromatic heterocycles. The molecule has 2 fully saturated rings. The number of aliphatic hydroxyl groups is 8. The van der Waals surface area contributed by atoms with E-state index in [-0.39, 0.29) is 61.0 Å². The molecule has 4 aromatic carbocycles. The molecule has 24 heteroatoms. The predicted octanol–water partition coefficient (Wildman–Crippen LogP) is 2.51. The van der Waals surface area contributed by atoms with E-state index in [9.17, 15) is 71.2 Å². The second-order valence-electron chi connectivity index (χ2n) is 23.7. The zero-order chi connectivity index (χ0) is 62.8. The van der Waals surface area contributed by atoms with Gasteiger partial charge in [-0.3, -0.25) is 9.69 Å². The number of nitrogens with zero attached hydrogens (tertiary/aromatic N) is 3. The van der Waals surface area contributed by atoms with Gasteiger partial charge in [-0.1, -0.05) is 60.5 Å². The fraction of sp³-hybridized carbons (Fsp3) is 0.453. The SMILES string of the molecule is NC(=NCc1ccccc1)NCCCC(O)CCC1=CC2(C(=O)O)C(c3c(cc(OC4(O)OC(CO)C(O)C(O)C4O)c(O)c3O)N2C(=O)C=Cc2ccc(O)c(Cc3[nH]cnc3CC(C=O)CO)c2)C1C12c3c(O)cccc3CCC1CCCC2CO. The van der Waals surface area contributed by atoms with Crippen LogP contribution < -0.4 is 20.7 Å².